The number of urea groups is 1. The van der Waals surface area contributed by atoms with Gasteiger partial charge in [0.2, 0.25) is 0 Å². The van der Waals surface area contributed by atoms with Gasteiger partial charge in [-0.05, 0) is 38.0 Å². The molecule has 0 aromatic heterocycles. The molecule has 0 aliphatic carbocycles. The van der Waals surface area contributed by atoms with Crippen LogP contribution in [0.1, 0.15) is 25.3 Å². The van der Waals surface area contributed by atoms with Crippen LogP contribution >= 0.6 is 0 Å². The Bertz CT molecular complexity index is 563. The number of anilines is 1. The van der Waals surface area contributed by atoms with Crippen molar-refractivity contribution < 1.29 is 27.8 Å². The monoisotopic (exact) mass is 332 g/mol. The molecule has 5 nitrogen and oxygen atoms in total. The highest BCUT2D eigenvalue weighted by atomic mass is 19.4. The zero-order chi connectivity index (χ0) is 17.0. The van der Waals surface area contributed by atoms with Crippen molar-refractivity contribution in [1.82, 2.24) is 4.90 Å². The second-order valence-electron chi connectivity index (χ2n) is 5.24. The van der Waals surface area contributed by atoms with Crippen LogP contribution in [0.15, 0.2) is 18.2 Å². The maximum absolute atomic E-state index is 13.2. The lowest BCUT2D eigenvalue weighted by Crippen LogP contribution is -2.40. The summed E-state index contributed by atoms with van der Waals surface area (Å²) in [7, 11) is 0. The van der Waals surface area contributed by atoms with Gasteiger partial charge in [-0.15, -0.1) is 0 Å². The molecule has 1 heterocycles. The van der Waals surface area contributed by atoms with Crippen LogP contribution in [-0.4, -0.2) is 41.8 Å². The summed E-state index contributed by atoms with van der Waals surface area (Å²) in [6, 6.07) is 2.42. The molecular formula is C15H19F3N2O3. The maximum Gasteiger partial charge on any atom is 0.418 e. The first-order valence-electron chi connectivity index (χ1n) is 7.39. The number of likely N-dealkylation sites (tertiary alicyclic amines) is 1. The smallest absolute Gasteiger partial charge is 0.418 e. The predicted octanol–water partition coefficient (Wildman–Crippen LogP) is 3.09. The third-order valence-electron chi connectivity index (χ3n) is 3.70. The third-order valence-corrected chi connectivity index (χ3v) is 3.70. The van der Waals surface area contributed by atoms with Gasteiger partial charge in [-0.1, -0.05) is 0 Å². The zero-order valence-electron chi connectivity index (χ0n) is 12.7. The summed E-state index contributed by atoms with van der Waals surface area (Å²) in [5.74, 6) is 0.0900. The number of aliphatic hydroxyl groups excluding tert-OH is 1. The Kier molecular flexibility index (Phi) is 5.35. The lowest BCUT2D eigenvalue weighted by molar-refractivity contribution is -0.137. The first-order chi connectivity index (χ1) is 10.9. The lowest BCUT2D eigenvalue weighted by Gasteiger charge is -2.24. The molecule has 0 bridgehead atoms. The van der Waals surface area contributed by atoms with E-state index in [0.29, 0.717) is 19.4 Å². The fraction of sp³-hybridized carbons (Fsp3) is 0.533. The quantitative estimate of drug-likeness (QED) is 0.891. The van der Waals surface area contributed by atoms with E-state index in [4.69, 9.17) is 4.74 Å². The zero-order valence-corrected chi connectivity index (χ0v) is 12.7. The largest absolute Gasteiger partial charge is 0.494 e. The number of carbonyl (C=O) groups excluding carboxylic acids is 1. The maximum atomic E-state index is 13.2. The Balaban J connectivity index is 2.23. The second kappa shape index (κ2) is 7.08. The highest BCUT2D eigenvalue weighted by Gasteiger charge is 2.36. The number of carbonyl (C=O) groups is 1. The van der Waals surface area contributed by atoms with Gasteiger partial charge in [-0.2, -0.15) is 13.2 Å². The van der Waals surface area contributed by atoms with Crippen molar-refractivity contribution in [3.8, 4) is 5.75 Å². The summed E-state index contributed by atoms with van der Waals surface area (Å²) < 4.78 is 44.6. The Hall–Kier alpha value is -1.96. The molecule has 23 heavy (non-hydrogen) atoms. The van der Waals surface area contributed by atoms with E-state index in [9.17, 15) is 23.1 Å². The van der Waals surface area contributed by atoms with Crippen molar-refractivity contribution in [3.63, 3.8) is 0 Å². The van der Waals surface area contributed by atoms with E-state index in [0.717, 1.165) is 6.07 Å². The van der Waals surface area contributed by atoms with Crippen molar-refractivity contribution >= 4 is 11.7 Å². The molecule has 0 unspecified atom stereocenters. The summed E-state index contributed by atoms with van der Waals surface area (Å²) >= 11 is 0. The molecule has 1 aromatic rings. The topological polar surface area (TPSA) is 61.8 Å². The number of rotatable bonds is 4. The molecule has 1 aromatic carbocycles. The number of ether oxygens (including phenoxy) is 1. The van der Waals surface area contributed by atoms with Crippen LogP contribution in [0, 0.1) is 0 Å². The van der Waals surface area contributed by atoms with E-state index >= 15 is 0 Å². The Labute approximate surface area is 132 Å². The van der Waals surface area contributed by atoms with Gasteiger partial charge in [0.15, 0.2) is 0 Å². The summed E-state index contributed by atoms with van der Waals surface area (Å²) in [5.41, 5.74) is -1.29. The number of amides is 2. The fourth-order valence-electron chi connectivity index (χ4n) is 2.60. The van der Waals surface area contributed by atoms with Crippen molar-refractivity contribution in [1.29, 1.82) is 0 Å². The van der Waals surface area contributed by atoms with E-state index in [2.05, 4.69) is 5.32 Å². The van der Waals surface area contributed by atoms with Gasteiger partial charge in [-0.25, -0.2) is 4.79 Å². The van der Waals surface area contributed by atoms with E-state index in [1.165, 1.54) is 17.0 Å². The minimum Gasteiger partial charge on any atom is -0.494 e. The van der Waals surface area contributed by atoms with Gasteiger partial charge in [0.25, 0.3) is 0 Å². The van der Waals surface area contributed by atoms with Crippen molar-refractivity contribution in [2.45, 2.75) is 32.0 Å². The molecule has 2 rings (SSSR count). The molecule has 2 N–H and O–H groups in total. The highest BCUT2D eigenvalue weighted by molar-refractivity contribution is 5.90. The van der Waals surface area contributed by atoms with Gasteiger partial charge in [0, 0.05) is 6.54 Å². The van der Waals surface area contributed by atoms with Crippen LogP contribution in [0.25, 0.3) is 0 Å². The van der Waals surface area contributed by atoms with E-state index in [-0.39, 0.29) is 30.7 Å². The SMILES string of the molecule is CCOc1ccc(NC(=O)N2CCC[C@H]2CO)c(C(F)(F)F)c1. The average Bonchev–Trinajstić information content (AvgIpc) is 2.96. The Morgan fingerprint density at radius 1 is 1.48 bits per heavy atom. The minimum atomic E-state index is -4.61. The Morgan fingerprint density at radius 2 is 2.22 bits per heavy atom. The van der Waals surface area contributed by atoms with Crippen LogP contribution < -0.4 is 10.1 Å². The number of halogens is 3. The molecule has 1 aliphatic rings. The van der Waals surface area contributed by atoms with Crippen LogP contribution in [0.3, 0.4) is 0 Å². The molecule has 0 spiro atoms. The van der Waals surface area contributed by atoms with Gasteiger partial charge in [0.05, 0.1) is 30.5 Å². The van der Waals surface area contributed by atoms with Crippen molar-refractivity contribution in [2.75, 3.05) is 25.1 Å². The summed E-state index contributed by atoms with van der Waals surface area (Å²) in [6.07, 6.45) is -3.26. The van der Waals surface area contributed by atoms with E-state index < -0.39 is 17.8 Å². The molecule has 1 aliphatic heterocycles. The van der Waals surface area contributed by atoms with Gasteiger partial charge in [0.1, 0.15) is 5.75 Å². The average molecular weight is 332 g/mol. The first-order valence-corrected chi connectivity index (χ1v) is 7.39. The predicted molar refractivity (Wildman–Crippen MR) is 78.4 cm³/mol. The van der Waals surface area contributed by atoms with Gasteiger partial charge >= 0.3 is 12.2 Å². The van der Waals surface area contributed by atoms with Crippen LogP contribution in [0.5, 0.6) is 5.75 Å². The molecule has 1 atom stereocenters. The summed E-state index contributed by atoms with van der Waals surface area (Å²) in [6.45, 7) is 2.12. The van der Waals surface area contributed by atoms with Gasteiger partial charge < -0.3 is 20.1 Å². The third kappa shape index (κ3) is 4.07. The first kappa shape index (κ1) is 17.4. The summed E-state index contributed by atoms with van der Waals surface area (Å²) in [4.78, 5) is 13.5. The van der Waals surface area contributed by atoms with E-state index in [1.54, 1.807) is 6.92 Å². The van der Waals surface area contributed by atoms with Crippen molar-refractivity contribution in [3.05, 3.63) is 23.8 Å². The second-order valence-corrected chi connectivity index (χ2v) is 5.24. The van der Waals surface area contributed by atoms with E-state index in [1.807, 2.05) is 0 Å². The lowest BCUT2D eigenvalue weighted by atomic mass is 10.1. The number of nitrogens with one attached hydrogen (secondary N) is 1. The van der Waals surface area contributed by atoms with Gasteiger partial charge in [-0.3, -0.25) is 0 Å². The van der Waals surface area contributed by atoms with Crippen LogP contribution in [0.2, 0.25) is 0 Å². The molecule has 1 saturated heterocycles. The number of aliphatic hydroxyl groups is 1. The van der Waals surface area contributed by atoms with Crippen LogP contribution in [0.4, 0.5) is 23.7 Å². The number of hydrogen-bond donors (Lipinski definition) is 2. The number of nitrogens with zero attached hydrogens (tertiary/aromatic N) is 1. The molecule has 0 saturated carbocycles. The fourth-order valence-corrected chi connectivity index (χ4v) is 2.60. The molecular weight excluding hydrogens is 313 g/mol. The molecule has 128 valence electrons. The molecule has 8 heteroatoms. The molecule has 2 amide bonds. The molecule has 0 radical (unpaired) electrons. The van der Waals surface area contributed by atoms with Crippen LogP contribution in [-0.2, 0) is 6.18 Å². The minimum absolute atomic E-state index is 0.0900. The number of hydrogen-bond acceptors (Lipinski definition) is 3. The molecule has 1 fully saturated rings. The number of benzene rings is 1. The normalized spacial score (nSPS) is 18.1. The Morgan fingerprint density at radius 3 is 2.83 bits per heavy atom. The summed E-state index contributed by atoms with van der Waals surface area (Å²) in [5, 5.41) is 11.5. The number of alkyl halides is 3. The standard InChI is InChI=1S/C15H19F3N2O3/c1-2-23-11-5-6-13(12(8-11)15(16,17)18)19-14(22)20-7-3-4-10(20)9-21/h5-6,8,10,21H,2-4,7,9H2,1H3,(H,19,22)/t10-/m0/s1. The highest BCUT2D eigenvalue weighted by Crippen LogP contribution is 2.37. The van der Waals surface area contributed by atoms with Crippen molar-refractivity contribution in [2.24, 2.45) is 0 Å².